The Hall–Kier alpha value is -3.49. The number of hydrogen-bond donors (Lipinski definition) is 1. The summed E-state index contributed by atoms with van der Waals surface area (Å²) in [6.45, 7) is 1.26. The molecule has 8 nitrogen and oxygen atoms in total. The van der Waals surface area contributed by atoms with E-state index in [-0.39, 0.29) is 24.3 Å². The summed E-state index contributed by atoms with van der Waals surface area (Å²) in [7, 11) is 1.74. The zero-order chi connectivity index (χ0) is 26.4. The van der Waals surface area contributed by atoms with E-state index >= 15 is 0 Å². The number of benzene rings is 2. The molecule has 2 aromatic rings. The van der Waals surface area contributed by atoms with E-state index in [0.717, 1.165) is 22.9 Å². The molecule has 1 N–H and O–H groups in total. The Bertz CT molecular complexity index is 1340. The van der Waals surface area contributed by atoms with Crippen LogP contribution in [0.3, 0.4) is 0 Å². The Morgan fingerprint density at radius 3 is 2.58 bits per heavy atom. The highest BCUT2D eigenvalue weighted by atomic mass is 16.5. The monoisotopic (exact) mass is 515 g/mol. The lowest BCUT2D eigenvalue weighted by atomic mass is 9.77. The zero-order valence-corrected chi connectivity index (χ0v) is 21.5. The number of amides is 3. The third-order valence-corrected chi connectivity index (χ3v) is 8.46. The number of fused-ring (bicyclic) bond motifs is 3. The molecular weight excluding hydrogens is 482 g/mol. The van der Waals surface area contributed by atoms with Crippen LogP contribution < -0.4 is 4.90 Å². The molecule has 198 valence electrons. The molecule has 0 saturated carbocycles. The minimum absolute atomic E-state index is 0.0847. The van der Waals surface area contributed by atoms with Crippen molar-refractivity contribution in [1.29, 1.82) is 0 Å². The SMILES string of the molecule is CN1CC=C[C@H]2O[C@]34C=CCN(c5ccc6ccccc6c5)C(=O)C3N(CCCCCO)C(=O)[C@@H]4[C@H]2C1=O. The van der Waals surface area contributed by atoms with Crippen LogP contribution in [0.4, 0.5) is 5.69 Å². The number of carbonyl (C=O) groups excluding carboxylic acids is 3. The van der Waals surface area contributed by atoms with E-state index < -0.39 is 29.6 Å². The van der Waals surface area contributed by atoms with Crippen molar-refractivity contribution in [3.63, 3.8) is 0 Å². The number of carbonyl (C=O) groups is 3. The Kier molecular flexibility index (Phi) is 6.32. The van der Waals surface area contributed by atoms with Crippen LogP contribution in [0.15, 0.2) is 66.8 Å². The van der Waals surface area contributed by atoms with Crippen LogP contribution in [0.25, 0.3) is 10.8 Å². The van der Waals surface area contributed by atoms with E-state index in [2.05, 4.69) is 0 Å². The number of unbranched alkanes of at least 4 members (excludes halogenated alkanes) is 2. The lowest BCUT2D eigenvalue weighted by Gasteiger charge is -2.35. The maximum absolute atomic E-state index is 14.4. The number of ether oxygens (including phenoxy) is 1. The average Bonchev–Trinajstić information content (AvgIpc) is 3.24. The first-order chi connectivity index (χ1) is 18.5. The summed E-state index contributed by atoms with van der Waals surface area (Å²) in [5.74, 6) is -2.00. The average molecular weight is 516 g/mol. The van der Waals surface area contributed by atoms with Crippen molar-refractivity contribution in [2.24, 2.45) is 11.8 Å². The van der Waals surface area contributed by atoms with Crippen molar-refractivity contribution in [1.82, 2.24) is 9.80 Å². The van der Waals surface area contributed by atoms with E-state index in [1.807, 2.05) is 66.8 Å². The quantitative estimate of drug-likeness (QED) is 0.472. The molecule has 38 heavy (non-hydrogen) atoms. The fourth-order valence-corrected chi connectivity index (χ4v) is 6.65. The lowest BCUT2D eigenvalue weighted by Crippen LogP contribution is -2.55. The van der Waals surface area contributed by atoms with Crippen LogP contribution in [0.2, 0.25) is 0 Å². The molecule has 2 saturated heterocycles. The molecule has 1 spiro atoms. The van der Waals surface area contributed by atoms with Gasteiger partial charge in [0.15, 0.2) is 0 Å². The van der Waals surface area contributed by atoms with E-state index in [9.17, 15) is 19.5 Å². The van der Waals surface area contributed by atoms with Gasteiger partial charge in [0.05, 0.1) is 17.9 Å². The van der Waals surface area contributed by atoms with Crippen molar-refractivity contribution >= 4 is 34.2 Å². The summed E-state index contributed by atoms with van der Waals surface area (Å²) in [5.41, 5.74) is -0.459. The van der Waals surface area contributed by atoms with Gasteiger partial charge in [-0.05, 0) is 42.2 Å². The standard InChI is InChI=1S/C30H33N3O5/c1-31-15-7-11-23-24(27(31)35)25-28(36)33(16-5-2-6-18-34)26-29(37)32(17-8-14-30(25,26)38-23)22-13-12-20-9-3-4-10-21(20)19-22/h3-4,7-14,19,23-26,34H,2,5-6,15-18H2,1H3/t23-,24+,25+,26?,30+/m1/s1. The van der Waals surface area contributed by atoms with Gasteiger partial charge >= 0.3 is 0 Å². The van der Waals surface area contributed by atoms with Crippen LogP contribution in [-0.4, -0.2) is 83.7 Å². The Morgan fingerprint density at radius 1 is 0.947 bits per heavy atom. The van der Waals surface area contributed by atoms with Gasteiger partial charge in [0.2, 0.25) is 11.8 Å². The second-order valence-corrected chi connectivity index (χ2v) is 10.7. The summed E-state index contributed by atoms with van der Waals surface area (Å²) in [5, 5.41) is 11.3. The molecule has 3 amide bonds. The van der Waals surface area contributed by atoms with Gasteiger partial charge in [0.25, 0.3) is 5.91 Å². The minimum Gasteiger partial charge on any atom is -0.396 e. The second-order valence-electron chi connectivity index (χ2n) is 10.7. The molecule has 4 aliphatic rings. The number of aliphatic hydroxyl groups excluding tert-OH is 1. The highest BCUT2D eigenvalue weighted by Crippen LogP contribution is 2.53. The van der Waals surface area contributed by atoms with E-state index in [1.165, 1.54) is 0 Å². The summed E-state index contributed by atoms with van der Waals surface area (Å²) in [6, 6.07) is 13.1. The first-order valence-electron chi connectivity index (χ1n) is 13.4. The fourth-order valence-electron chi connectivity index (χ4n) is 6.65. The highest BCUT2D eigenvalue weighted by molar-refractivity contribution is 6.06. The third kappa shape index (κ3) is 3.77. The van der Waals surface area contributed by atoms with Crippen molar-refractivity contribution in [3.05, 3.63) is 66.8 Å². The molecule has 0 aromatic heterocycles. The molecule has 2 fully saturated rings. The lowest BCUT2D eigenvalue weighted by molar-refractivity contribution is -0.143. The van der Waals surface area contributed by atoms with Crippen LogP contribution in [0.1, 0.15) is 19.3 Å². The third-order valence-electron chi connectivity index (χ3n) is 8.46. The summed E-state index contributed by atoms with van der Waals surface area (Å²) in [4.78, 5) is 47.0. The molecule has 2 aromatic carbocycles. The van der Waals surface area contributed by atoms with Gasteiger partial charge in [0.1, 0.15) is 11.6 Å². The molecule has 8 heteroatoms. The molecule has 6 rings (SSSR count). The van der Waals surface area contributed by atoms with Gasteiger partial charge < -0.3 is 24.5 Å². The maximum Gasteiger partial charge on any atom is 0.253 e. The topological polar surface area (TPSA) is 90.4 Å². The van der Waals surface area contributed by atoms with Crippen LogP contribution in [0, 0.1) is 11.8 Å². The minimum atomic E-state index is -1.22. The number of likely N-dealkylation sites (N-methyl/N-ethyl adjacent to an activating group) is 1. The van der Waals surface area contributed by atoms with Crippen molar-refractivity contribution in [2.75, 3.05) is 38.2 Å². The molecule has 1 unspecified atom stereocenters. The molecule has 4 aliphatic heterocycles. The molecule has 0 bridgehead atoms. The molecule has 4 heterocycles. The first kappa shape index (κ1) is 24.8. The Morgan fingerprint density at radius 2 is 1.76 bits per heavy atom. The maximum atomic E-state index is 14.4. The van der Waals surface area contributed by atoms with E-state index in [0.29, 0.717) is 32.5 Å². The first-order valence-corrected chi connectivity index (χ1v) is 13.4. The predicted octanol–water partition coefficient (Wildman–Crippen LogP) is 2.51. The van der Waals surface area contributed by atoms with E-state index in [1.54, 1.807) is 21.7 Å². The van der Waals surface area contributed by atoms with Crippen molar-refractivity contribution in [3.8, 4) is 0 Å². The molecular formula is C30H33N3O5. The van der Waals surface area contributed by atoms with Gasteiger partial charge in [-0.2, -0.15) is 0 Å². The number of hydrogen-bond acceptors (Lipinski definition) is 5. The number of nitrogens with zero attached hydrogens (tertiary/aromatic N) is 3. The summed E-state index contributed by atoms with van der Waals surface area (Å²) >= 11 is 0. The Labute approximate surface area is 222 Å². The second kappa shape index (κ2) is 9.67. The summed E-state index contributed by atoms with van der Waals surface area (Å²) in [6.07, 6.45) is 9.02. The van der Waals surface area contributed by atoms with Crippen LogP contribution >= 0.6 is 0 Å². The van der Waals surface area contributed by atoms with Gasteiger partial charge in [-0.3, -0.25) is 14.4 Å². The van der Waals surface area contributed by atoms with Gasteiger partial charge in [-0.25, -0.2) is 0 Å². The predicted molar refractivity (Wildman–Crippen MR) is 143 cm³/mol. The number of anilines is 1. The molecule has 0 radical (unpaired) electrons. The van der Waals surface area contributed by atoms with E-state index in [4.69, 9.17) is 4.74 Å². The zero-order valence-electron chi connectivity index (χ0n) is 21.5. The molecule has 0 aliphatic carbocycles. The number of aliphatic hydroxyl groups is 1. The van der Waals surface area contributed by atoms with Gasteiger partial charge in [0, 0.05) is 39.0 Å². The largest absolute Gasteiger partial charge is 0.396 e. The Balaban J connectivity index is 1.42. The summed E-state index contributed by atoms with van der Waals surface area (Å²) < 4.78 is 6.64. The normalized spacial score (nSPS) is 30.5. The van der Waals surface area contributed by atoms with Crippen molar-refractivity contribution < 1.29 is 24.2 Å². The van der Waals surface area contributed by atoms with Gasteiger partial charge in [-0.15, -0.1) is 0 Å². The smallest absolute Gasteiger partial charge is 0.253 e. The van der Waals surface area contributed by atoms with Gasteiger partial charge in [-0.1, -0.05) is 54.6 Å². The highest BCUT2D eigenvalue weighted by Gasteiger charge is 2.71. The number of rotatable bonds is 6. The van der Waals surface area contributed by atoms with Crippen molar-refractivity contribution in [2.45, 2.75) is 37.0 Å². The molecule has 5 atom stereocenters. The fraction of sp³-hybridized carbons (Fsp3) is 0.433. The van der Waals surface area contributed by atoms with Crippen LogP contribution in [-0.2, 0) is 19.1 Å². The van der Waals surface area contributed by atoms with Crippen LogP contribution in [0.5, 0.6) is 0 Å². The number of likely N-dealkylation sites (tertiary alicyclic amines) is 1.